The molecule has 0 bridgehead atoms. The monoisotopic (exact) mass is 427 g/mol. The lowest BCUT2D eigenvalue weighted by Gasteiger charge is -2.19. The molecule has 1 amide bonds. The molecule has 11 nitrogen and oxygen atoms in total. The number of hydrazine groups is 1. The Labute approximate surface area is 178 Å². The number of carbonyl (C=O) groups excluding carboxylic acids is 2. The highest BCUT2D eigenvalue weighted by molar-refractivity contribution is 6.46. The molecule has 0 spiro atoms. The van der Waals surface area contributed by atoms with Crippen LogP contribution in [0.2, 0.25) is 0 Å². The van der Waals surface area contributed by atoms with E-state index in [-0.39, 0.29) is 23.3 Å². The molecule has 0 aliphatic carbocycles. The number of rotatable bonds is 6. The third-order valence-corrected chi connectivity index (χ3v) is 4.95. The molecule has 1 aromatic heterocycles. The third kappa shape index (κ3) is 4.40. The van der Waals surface area contributed by atoms with Crippen molar-refractivity contribution in [3.05, 3.63) is 56.6 Å². The molecule has 3 rings (SSSR count). The number of aromatic nitrogens is 2. The molecule has 164 valence electrons. The number of likely N-dealkylation sites (N-methyl/N-ethyl adjacent to an activating group) is 2. The molecule has 2 heterocycles. The zero-order chi connectivity index (χ0) is 22.7. The fourth-order valence-corrected chi connectivity index (χ4v) is 3.28. The second kappa shape index (κ2) is 8.96. The Bertz CT molecular complexity index is 1120. The molecular weight excluding hydrogens is 402 g/mol. The fourth-order valence-electron chi connectivity index (χ4n) is 3.28. The van der Waals surface area contributed by atoms with Crippen LogP contribution in [0.3, 0.4) is 0 Å². The van der Waals surface area contributed by atoms with E-state index in [0.717, 1.165) is 5.56 Å². The van der Waals surface area contributed by atoms with Crippen LogP contribution >= 0.6 is 0 Å². The number of anilines is 1. The first kappa shape index (κ1) is 22.0. The first-order valence-electron chi connectivity index (χ1n) is 9.74. The van der Waals surface area contributed by atoms with Crippen LogP contribution in [-0.4, -0.2) is 64.8 Å². The lowest BCUT2D eigenvalue weighted by Crippen LogP contribution is -2.46. The Kier molecular flexibility index (Phi) is 6.35. The van der Waals surface area contributed by atoms with Crippen LogP contribution in [0.15, 0.2) is 44.9 Å². The van der Waals surface area contributed by atoms with Crippen molar-refractivity contribution >= 4 is 28.9 Å². The fraction of sp³-hybridized carbons (Fsp3) is 0.350. The molecule has 1 unspecified atom stereocenters. The van der Waals surface area contributed by atoms with Gasteiger partial charge >= 0.3 is 0 Å². The van der Waals surface area contributed by atoms with E-state index in [9.17, 15) is 19.2 Å². The topological polar surface area (TPSA) is 143 Å². The molecule has 1 aliphatic heterocycles. The number of hydrogen-bond donors (Lipinski definition) is 4. The van der Waals surface area contributed by atoms with Gasteiger partial charge in [-0.15, -0.1) is 0 Å². The molecule has 4 N–H and O–H groups in total. The van der Waals surface area contributed by atoms with Crippen LogP contribution in [0.4, 0.5) is 11.4 Å². The van der Waals surface area contributed by atoms with E-state index < -0.39 is 28.9 Å². The Balaban J connectivity index is 2.02. The van der Waals surface area contributed by atoms with Crippen molar-refractivity contribution in [3.63, 3.8) is 0 Å². The summed E-state index contributed by atoms with van der Waals surface area (Å²) >= 11 is 0. The van der Waals surface area contributed by atoms with Crippen molar-refractivity contribution in [2.45, 2.75) is 25.4 Å². The summed E-state index contributed by atoms with van der Waals surface area (Å²) in [6, 6.07) is 8.07. The maximum atomic E-state index is 12.8. The van der Waals surface area contributed by atoms with Crippen LogP contribution in [0, 0.1) is 0 Å². The van der Waals surface area contributed by atoms with E-state index >= 15 is 0 Å². The van der Waals surface area contributed by atoms with Gasteiger partial charge in [0.25, 0.3) is 11.1 Å². The maximum absolute atomic E-state index is 12.8. The van der Waals surface area contributed by atoms with E-state index in [1.165, 1.54) is 31.1 Å². The summed E-state index contributed by atoms with van der Waals surface area (Å²) < 4.78 is 0. The highest BCUT2D eigenvalue weighted by Crippen LogP contribution is 2.25. The van der Waals surface area contributed by atoms with Gasteiger partial charge < -0.3 is 10.2 Å². The summed E-state index contributed by atoms with van der Waals surface area (Å²) in [5.74, 6) is -1.23. The van der Waals surface area contributed by atoms with Gasteiger partial charge in [-0.3, -0.25) is 34.8 Å². The van der Waals surface area contributed by atoms with E-state index in [1.54, 1.807) is 0 Å². The van der Waals surface area contributed by atoms with Crippen molar-refractivity contribution in [1.82, 2.24) is 25.5 Å². The predicted molar refractivity (Wildman–Crippen MR) is 116 cm³/mol. The largest absolute Gasteiger partial charge is 0.372 e. The quantitative estimate of drug-likeness (QED) is 0.480. The van der Waals surface area contributed by atoms with Gasteiger partial charge in [0, 0.05) is 21.1 Å². The van der Waals surface area contributed by atoms with Gasteiger partial charge in [0.1, 0.15) is 5.69 Å². The van der Waals surface area contributed by atoms with Crippen LogP contribution in [0.5, 0.6) is 0 Å². The van der Waals surface area contributed by atoms with Gasteiger partial charge in [-0.25, -0.2) is 10.0 Å². The average Bonchev–Trinajstić information content (AvgIpc) is 3.03. The molecule has 1 saturated heterocycles. The van der Waals surface area contributed by atoms with Crippen molar-refractivity contribution in [1.29, 1.82) is 0 Å². The van der Waals surface area contributed by atoms with Crippen molar-refractivity contribution in [2.75, 3.05) is 26.5 Å². The van der Waals surface area contributed by atoms with Gasteiger partial charge in [0.2, 0.25) is 11.7 Å². The van der Waals surface area contributed by atoms with E-state index in [4.69, 9.17) is 0 Å². The first-order chi connectivity index (χ1) is 14.7. The first-order valence-corrected chi connectivity index (χ1v) is 9.74. The number of nitrogens with zero attached hydrogens (tertiary/aromatic N) is 3. The number of amidine groups is 1. The molecular formula is C20H25N7O4. The minimum absolute atomic E-state index is 0.0633. The Hall–Kier alpha value is -3.73. The number of ketones is 1. The maximum Gasteiger partial charge on any atom is 0.290 e. The highest BCUT2D eigenvalue weighted by Gasteiger charge is 2.42. The lowest BCUT2D eigenvalue weighted by molar-refractivity contribution is -0.137. The Morgan fingerprint density at radius 2 is 1.81 bits per heavy atom. The predicted octanol–water partition coefficient (Wildman–Crippen LogP) is 0.132. The number of H-pyrrole nitrogens is 2. The van der Waals surface area contributed by atoms with Crippen LogP contribution in [-0.2, 0) is 9.59 Å². The number of aliphatic imine (C=N–C) groups is 1. The van der Waals surface area contributed by atoms with Gasteiger partial charge in [-0.05, 0) is 12.0 Å². The average molecular weight is 427 g/mol. The summed E-state index contributed by atoms with van der Waals surface area (Å²) in [6.07, 6.45) is 0.631. The lowest BCUT2D eigenvalue weighted by atomic mass is 10.0. The number of hydrogen-bond acceptors (Lipinski definition) is 7. The van der Waals surface area contributed by atoms with Crippen LogP contribution in [0.25, 0.3) is 0 Å². The summed E-state index contributed by atoms with van der Waals surface area (Å²) in [4.78, 5) is 55.6. The minimum Gasteiger partial charge on any atom is -0.372 e. The summed E-state index contributed by atoms with van der Waals surface area (Å²) in [6.45, 7) is 1.94. The van der Waals surface area contributed by atoms with Crippen molar-refractivity contribution in [2.24, 2.45) is 4.99 Å². The summed E-state index contributed by atoms with van der Waals surface area (Å²) in [7, 11) is 4.60. The highest BCUT2D eigenvalue weighted by atomic mass is 16.2. The van der Waals surface area contributed by atoms with Crippen molar-refractivity contribution < 1.29 is 9.59 Å². The van der Waals surface area contributed by atoms with Gasteiger partial charge in [-0.2, -0.15) is 0 Å². The number of Topliss-reactive ketones (excluding diaryl/α,β-unsaturated/α-hetero) is 1. The normalized spacial score (nSPS) is 18.6. The molecule has 1 aliphatic rings. The number of benzene rings is 1. The molecule has 11 heteroatoms. The number of nitrogens with one attached hydrogen (secondary N) is 4. The van der Waals surface area contributed by atoms with Crippen LogP contribution < -0.4 is 21.9 Å². The SMILES string of the molecule is CC[C@@H](Nc1c(N=C2NN(C)C(C(=O)N(C)C)C2=O)c(=O)[nH][nH]c1=O)c1ccccc1. The van der Waals surface area contributed by atoms with Gasteiger partial charge in [-0.1, -0.05) is 37.3 Å². The molecule has 2 aromatic rings. The van der Waals surface area contributed by atoms with E-state index in [2.05, 4.69) is 25.9 Å². The minimum atomic E-state index is -1.11. The van der Waals surface area contributed by atoms with E-state index in [0.29, 0.717) is 6.42 Å². The van der Waals surface area contributed by atoms with Crippen LogP contribution in [0.1, 0.15) is 24.9 Å². The van der Waals surface area contributed by atoms with Crippen molar-refractivity contribution in [3.8, 4) is 0 Å². The second-order valence-electron chi connectivity index (χ2n) is 7.33. The summed E-state index contributed by atoms with van der Waals surface area (Å²) in [5.41, 5.74) is 2.04. The molecule has 1 fully saturated rings. The number of amides is 1. The second-order valence-corrected chi connectivity index (χ2v) is 7.33. The Morgan fingerprint density at radius 3 is 2.42 bits per heavy atom. The standard InChI is InChI=1S/C20H25N7O4/c1-5-12(11-9-7-6-8-10-11)21-13-14(19(30)24-23-18(13)29)22-17-16(28)15(27(4)25-17)20(31)26(2)3/h6-10,12,15H,5H2,1-4H3,(H2,21,24,30)(H2,22,23,25,29)/t12-,15?/m1/s1. The van der Waals surface area contributed by atoms with Gasteiger partial charge in [0.15, 0.2) is 17.6 Å². The smallest absolute Gasteiger partial charge is 0.290 e. The molecule has 31 heavy (non-hydrogen) atoms. The number of aromatic amines is 2. The summed E-state index contributed by atoms with van der Waals surface area (Å²) in [5, 5.41) is 8.89. The third-order valence-electron chi connectivity index (χ3n) is 4.95. The van der Waals surface area contributed by atoms with E-state index in [1.807, 2.05) is 37.3 Å². The zero-order valence-corrected chi connectivity index (χ0v) is 17.7. The molecule has 1 aromatic carbocycles. The zero-order valence-electron chi connectivity index (χ0n) is 17.7. The van der Waals surface area contributed by atoms with Gasteiger partial charge in [0.05, 0.1) is 6.04 Å². The number of carbonyl (C=O) groups is 2. The molecule has 0 radical (unpaired) electrons. The molecule has 2 atom stereocenters. The Morgan fingerprint density at radius 1 is 1.16 bits per heavy atom. The molecule has 0 saturated carbocycles.